The number of rotatable bonds is 7. The minimum Gasteiger partial charge on any atom is -0.396 e. The van der Waals surface area contributed by atoms with Crippen LogP contribution in [0.5, 0.6) is 0 Å². The minimum atomic E-state index is -3.36. The van der Waals surface area contributed by atoms with Crippen LogP contribution in [-0.4, -0.2) is 44.1 Å². The average molecular weight is 224 g/mol. The van der Waals surface area contributed by atoms with E-state index in [1.165, 1.54) is 4.31 Å². The van der Waals surface area contributed by atoms with Crippen LogP contribution < -0.4 is 4.72 Å². The van der Waals surface area contributed by atoms with Crippen molar-refractivity contribution in [3.05, 3.63) is 0 Å². The first-order chi connectivity index (χ1) is 6.47. The van der Waals surface area contributed by atoms with E-state index in [2.05, 4.69) is 4.72 Å². The first-order valence-electron chi connectivity index (χ1n) is 4.83. The van der Waals surface area contributed by atoms with Gasteiger partial charge in [0.25, 0.3) is 10.2 Å². The molecule has 0 aromatic heterocycles. The summed E-state index contributed by atoms with van der Waals surface area (Å²) in [5.41, 5.74) is 0. The maximum absolute atomic E-state index is 11.5. The second-order valence-corrected chi connectivity index (χ2v) is 4.98. The molecule has 0 rings (SSSR count). The molecule has 1 atom stereocenters. The van der Waals surface area contributed by atoms with Crippen molar-refractivity contribution in [3.8, 4) is 0 Å². The van der Waals surface area contributed by atoms with Gasteiger partial charge in [0.2, 0.25) is 0 Å². The Hall–Kier alpha value is -0.170. The van der Waals surface area contributed by atoms with E-state index in [0.717, 1.165) is 0 Å². The number of nitrogens with one attached hydrogen (secondary N) is 1. The van der Waals surface area contributed by atoms with Crippen LogP contribution in [0.15, 0.2) is 0 Å². The van der Waals surface area contributed by atoms with Crippen LogP contribution in [0.2, 0.25) is 0 Å². The van der Waals surface area contributed by atoms with Gasteiger partial charge in [-0.05, 0) is 5.92 Å². The lowest BCUT2D eigenvalue weighted by Crippen LogP contribution is -2.42. The van der Waals surface area contributed by atoms with E-state index in [0.29, 0.717) is 13.1 Å². The molecule has 0 aliphatic heterocycles. The number of nitrogens with zero attached hydrogens (tertiary/aromatic N) is 1. The summed E-state index contributed by atoms with van der Waals surface area (Å²) < 4.78 is 26.9. The summed E-state index contributed by atoms with van der Waals surface area (Å²) in [6.45, 7) is 6.54. The summed E-state index contributed by atoms with van der Waals surface area (Å²) in [7, 11) is -3.36. The van der Waals surface area contributed by atoms with Gasteiger partial charge in [0, 0.05) is 26.2 Å². The molecule has 0 fully saturated rings. The molecule has 2 N–H and O–H groups in total. The fourth-order valence-corrected chi connectivity index (χ4v) is 2.32. The molecule has 0 heterocycles. The summed E-state index contributed by atoms with van der Waals surface area (Å²) in [5.74, 6) is -0.0552. The Labute approximate surface area is 86.3 Å². The molecule has 0 amide bonds. The summed E-state index contributed by atoms with van der Waals surface area (Å²) in [6.07, 6.45) is 0. The van der Waals surface area contributed by atoms with Gasteiger partial charge in [-0.2, -0.15) is 12.7 Å². The van der Waals surface area contributed by atoms with Crippen LogP contribution in [0.25, 0.3) is 0 Å². The zero-order valence-corrected chi connectivity index (χ0v) is 9.84. The van der Waals surface area contributed by atoms with Gasteiger partial charge in [-0.15, -0.1) is 0 Å². The normalized spacial score (nSPS) is 14.6. The monoisotopic (exact) mass is 224 g/mol. The van der Waals surface area contributed by atoms with Crippen molar-refractivity contribution < 1.29 is 13.5 Å². The maximum Gasteiger partial charge on any atom is 0.279 e. The molecule has 0 aromatic carbocycles. The Morgan fingerprint density at radius 3 is 2.21 bits per heavy atom. The Balaban J connectivity index is 4.20. The third kappa shape index (κ3) is 4.36. The van der Waals surface area contributed by atoms with E-state index in [1.54, 1.807) is 20.8 Å². The topological polar surface area (TPSA) is 69.6 Å². The minimum absolute atomic E-state index is 0.0131. The second kappa shape index (κ2) is 6.34. The highest BCUT2D eigenvalue weighted by molar-refractivity contribution is 7.87. The highest BCUT2D eigenvalue weighted by Gasteiger charge is 2.18. The standard InChI is InChI=1S/C8H20N2O3S/c1-4-10(5-2)14(12,13)9-6-8(3)7-11/h8-9,11H,4-7H2,1-3H3. The third-order valence-electron chi connectivity index (χ3n) is 1.97. The zero-order valence-electron chi connectivity index (χ0n) is 9.02. The molecular formula is C8H20N2O3S. The molecule has 0 saturated carbocycles. The molecule has 14 heavy (non-hydrogen) atoms. The quantitative estimate of drug-likeness (QED) is 0.629. The summed E-state index contributed by atoms with van der Waals surface area (Å²) >= 11 is 0. The summed E-state index contributed by atoms with van der Waals surface area (Å²) in [6, 6.07) is 0. The van der Waals surface area contributed by atoms with Crippen molar-refractivity contribution in [2.24, 2.45) is 5.92 Å². The molecule has 1 unspecified atom stereocenters. The number of hydrogen-bond acceptors (Lipinski definition) is 3. The summed E-state index contributed by atoms with van der Waals surface area (Å²) in [4.78, 5) is 0. The van der Waals surface area contributed by atoms with E-state index in [4.69, 9.17) is 5.11 Å². The van der Waals surface area contributed by atoms with Gasteiger partial charge >= 0.3 is 0 Å². The predicted molar refractivity (Wildman–Crippen MR) is 56.1 cm³/mol. The van der Waals surface area contributed by atoms with E-state index >= 15 is 0 Å². The van der Waals surface area contributed by atoms with Crippen LogP contribution in [-0.2, 0) is 10.2 Å². The van der Waals surface area contributed by atoms with Gasteiger partial charge in [0.05, 0.1) is 0 Å². The highest BCUT2D eigenvalue weighted by Crippen LogP contribution is 1.98. The molecule has 0 spiro atoms. The smallest absolute Gasteiger partial charge is 0.279 e. The number of aliphatic hydroxyl groups is 1. The molecule has 0 saturated heterocycles. The zero-order chi connectivity index (χ0) is 11.2. The third-order valence-corrected chi connectivity index (χ3v) is 3.70. The number of aliphatic hydroxyl groups excluding tert-OH is 1. The van der Waals surface area contributed by atoms with Gasteiger partial charge in [-0.25, -0.2) is 4.72 Å². The lowest BCUT2D eigenvalue weighted by Gasteiger charge is -2.19. The van der Waals surface area contributed by atoms with Crippen LogP contribution in [0.4, 0.5) is 0 Å². The van der Waals surface area contributed by atoms with Crippen LogP contribution >= 0.6 is 0 Å². The van der Waals surface area contributed by atoms with Crippen molar-refractivity contribution in [1.82, 2.24) is 9.03 Å². The molecule has 86 valence electrons. The van der Waals surface area contributed by atoms with Gasteiger partial charge in [-0.3, -0.25) is 0 Å². The molecule has 0 radical (unpaired) electrons. The predicted octanol–water partition coefficient (Wildman–Crippen LogP) is -0.209. The lowest BCUT2D eigenvalue weighted by atomic mass is 10.2. The van der Waals surface area contributed by atoms with Gasteiger partial charge in [-0.1, -0.05) is 20.8 Å². The molecule has 0 aliphatic carbocycles. The lowest BCUT2D eigenvalue weighted by molar-refractivity contribution is 0.238. The SMILES string of the molecule is CCN(CC)S(=O)(=O)NCC(C)CO. The van der Waals surface area contributed by atoms with Crippen LogP contribution in [0, 0.1) is 5.92 Å². The Kier molecular flexibility index (Phi) is 6.26. The Bertz CT molecular complexity index is 237. The van der Waals surface area contributed by atoms with E-state index < -0.39 is 10.2 Å². The highest BCUT2D eigenvalue weighted by atomic mass is 32.2. The average Bonchev–Trinajstić information content (AvgIpc) is 2.15. The Morgan fingerprint density at radius 1 is 1.36 bits per heavy atom. The number of hydrogen-bond donors (Lipinski definition) is 2. The molecule has 0 aliphatic rings. The molecule has 6 heteroatoms. The largest absolute Gasteiger partial charge is 0.396 e. The Morgan fingerprint density at radius 2 is 1.86 bits per heavy atom. The van der Waals surface area contributed by atoms with E-state index in [1.807, 2.05) is 0 Å². The van der Waals surface area contributed by atoms with Gasteiger partial charge < -0.3 is 5.11 Å². The molecular weight excluding hydrogens is 204 g/mol. The molecule has 0 bridgehead atoms. The van der Waals surface area contributed by atoms with Gasteiger partial charge in [0.1, 0.15) is 0 Å². The van der Waals surface area contributed by atoms with Crippen molar-refractivity contribution in [2.45, 2.75) is 20.8 Å². The molecule has 5 nitrogen and oxygen atoms in total. The van der Waals surface area contributed by atoms with E-state index in [-0.39, 0.29) is 19.1 Å². The first kappa shape index (κ1) is 13.8. The second-order valence-electron chi connectivity index (χ2n) is 3.23. The van der Waals surface area contributed by atoms with Crippen LogP contribution in [0.3, 0.4) is 0 Å². The molecule has 0 aromatic rings. The maximum atomic E-state index is 11.5. The summed E-state index contributed by atoms with van der Waals surface area (Å²) in [5, 5.41) is 8.74. The van der Waals surface area contributed by atoms with E-state index in [9.17, 15) is 8.42 Å². The van der Waals surface area contributed by atoms with Gasteiger partial charge in [0.15, 0.2) is 0 Å². The van der Waals surface area contributed by atoms with Crippen molar-refractivity contribution >= 4 is 10.2 Å². The first-order valence-corrected chi connectivity index (χ1v) is 6.27. The van der Waals surface area contributed by atoms with Crippen molar-refractivity contribution in [1.29, 1.82) is 0 Å². The van der Waals surface area contributed by atoms with Crippen LogP contribution in [0.1, 0.15) is 20.8 Å². The fraction of sp³-hybridized carbons (Fsp3) is 1.00. The van der Waals surface area contributed by atoms with Crippen molar-refractivity contribution in [3.63, 3.8) is 0 Å². The fourth-order valence-electron chi connectivity index (χ4n) is 0.967. The van der Waals surface area contributed by atoms with Crippen molar-refractivity contribution in [2.75, 3.05) is 26.2 Å².